The smallest absolute Gasteiger partial charge is 0.254 e. The van der Waals surface area contributed by atoms with E-state index < -0.39 is 6.04 Å². The van der Waals surface area contributed by atoms with Crippen molar-refractivity contribution in [3.8, 4) is 17.1 Å². The summed E-state index contributed by atoms with van der Waals surface area (Å²) in [7, 11) is 1.61. The molecule has 3 aromatic rings. The molecule has 1 fully saturated rings. The fourth-order valence-corrected chi connectivity index (χ4v) is 3.33. The third-order valence-electron chi connectivity index (χ3n) is 4.75. The van der Waals surface area contributed by atoms with Gasteiger partial charge in [-0.05, 0) is 35.8 Å². The maximum Gasteiger partial charge on any atom is 0.254 e. The zero-order chi connectivity index (χ0) is 18.6. The van der Waals surface area contributed by atoms with Crippen molar-refractivity contribution in [2.75, 3.05) is 20.2 Å². The standard InChI is InChI=1S/C20H21N5O2/c1-27-17-11-7-10-16(14-17)19-21-23-25(22-19)18(15-8-3-2-4-9-15)20(26)24-12-5-6-13-24/h2-4,7-11,14,18H,5-6,12-13H2,1H3. The monoisotopic (exact) mass is 363 g/mol. The topological polar surface area (TPSA) is 73.1 Å². The first-order valence-corrected chi connectivity index (χ1v) is 9.04. The van der Waals surface area contributed by atoms with Crippen LogP contribution in [0.4, 0.5) is 0 Å². The lowest BCUT2D eigenvalue weighted by Crippen LogP contribution is -2.36. The highest BCUT2D eigenvalue weighted by molar-refractivity contribution is 5.83. The summed E-state index contributed by atoms with van der Waals surface area (Å²) in [5.74, 6) is 1.19. The number of hydrogen-bond acceptors (Lipinski definition) is 5. The number of amides is 1. The number of benzene rings is 2. The minimum absolute atomic E-state index is 0.00768. The maximum absolute atomic E-state index is 13.2. The molecule has 138 valence electrons. The molecule has 0 spiro atoms. The van der Waals surface area contributed by atoms with Gasteiger partial charge in [0.1, 0.15) is 5.75 Å². The lowest BCUT2D eigenvalue weighted by atomic mass is 10.1. The van der Waals surface area contributed by atoms with E-state index in [9.17, 15) is 4.79 Å². The van der Waals surface area contributed by atoms with Gasteiger partial charge in [-0.2, -0.15) is 0 Å². The van der Waals surface area contributed by atoms with Crippen LogP contribution < -0.4 is 4.74 Å². The van der Waals surface area contributed by atoms with Gasteiger partial charge in [-0.15, -0.1) is 15.0 Å². The van der Waals surface area contributed by atoms with Gasteiger partial charge in [0, 0.05) is 18.7 Å². The zero-order valence-corrected chi connectivity index (χ0v) is 15.2. The van der Waals surface area contributed by atoms with Gasteiger partial charge in [-0.1, -0.05) is 42.5 Å². The molecule has 0 bridgehead atoms. The second-order valence-corrected chi connectivity index (χ2v) is 6.51. The Bertz CT molecular complexity index is 919. The van der Waals surface area contributed by atoms with Crippen molar-refractivity contribution in [2.24, 2.45) is 0 Å². The van der Waals surface area contributed by atoms with Crippen LogP contribution in [0.3, 0.4) is 0 Å². The molecule has 1 aliphatic rings. The van der Waals surface area contributed by atoms with Gasteiger partial charge in [-0.3, -0.25) is 4.79 Å². The average Bonchev–Trinajstić information content (AvgIpc) is 3.41. The molecule has 1 aromatic heterocycles. The van der Waals surface area contributed by atoms with Gasteiger partial charge in [0.25, 0.3) is 5.91 Å². The van der Waals surface area contributed by atoms with Crippen LogP contribution in [0.1, 0.15) is 24.4 Å². The molecule has 4 rings (SSSR count). The van der Waals surface area contributed by atoms with Crippen molar-refractivity contribution in [2.45, 2.75) is 18.9 Å². The minimum atomic E-state index is -0.615. The summed E-state index contributed by atoms with van der Waals surface area (Å²) >= 11 is 0. The number of hydrogen-bond donors (Lipinski definition) is 0. The second-order valence-electron chi connectivity index (χ2n) is 6.51. The van der Waals surface area contributed by atoms with Gasteiger partial charge >= 0.3 is 0 Å². The number of rotatable bonds is 5. The van der Waals surface area contributed by atoms with Crippen molar-refractivity contribution >= 4 is 5.91 Å². The summed E-state index contributed by atoms with van der Waals surface area (Å²) in [5.41, 5.74) is 1.64. The third-order valence-corrected chi connectivity index (χ3v) is 4.75. The van der Waals surface area contributed by atoms with E-state index in [1.807, 2.05) is 59.5 Å². The molecular formula is C20H21N5O2. The van der Waals surface area contributed by atoms with Gasteiger partial charge in [0.05, 0.1) is 7.11 Å². The number of tetrazole rings is 1. The fourth-order valence-electron chi connectivity index (χ4n) is 3.33. The highest BCUT2D eigenvalue weighted by atomic mass is 16.5. The Hall–Kier alpha value is -3.22. The molecule has 0 radical (unpaired) electrons. The molecule has 1 aliphatic heterocycles. The van der Waals surface area contributed by atoms with E-state index in [-0.39, 0.29) is 5.91 Å². The molecular weight excluding hydrogens is 342 g/mol. The Labute approximate surface area is 157 Å². The van der Waals surface area contributed by atoms with E-state index in [0.717, 1.165) is 42.8 Å². The summed E-state index contributed by atoms with van der Waals surface area (Å²) in [6.07, 6.45) is 2.07. The quantitative estimate of drug-likeness (QED) is 0.697. The van der Waals surface area contributed by atoms with Crippen LogP contribution in [0.2, 0.25) is 0 Å². The molecule has 7 nitrogen and oxygen atoms in total. The van der Waals surface area contributed by atoms with Crippen molar-refractivity contribution in [3.63, 3.8) is 0 Å². The van der Waals surface area contributed by atoms with Crippen LogP contribution in [0.5, 0.6) is 5.75 Å². The number of carbonyl (C=O) groups is 1. The molecule has 0 aliphatic carbocycles. The van der Waals surface area contributed by atoms with E-state index in [1.165, 1.54) is 4.80 Å². The number of nitrogens with zero attached hydrogens (tertiary/aromatic N) is 5. The summed E-state index contributed by atoms with van der Waals surface area (Å²) in [5, 5.41) is 12.9. The molecule has 0 saturated carbocycles. The SMILES string of the molecule is COc1cccc(-c2nnn(C(C(=O)N3CCCC3)c3ccccc3)n2)c1. The number of aromatic nitrogens is 4. The van der Waals surface area contributed by atoms with Crippen LogP contribution in [0, 0.1) is 0 Å². The van der Waals surface area contributed by atoms with E-state index >= 15 is 0 Å². The molecule has 0 N–H and O–H groups in total. The van der Waals surface area contributed by atoms with Gasteiger partial charge in [0.2, 0.25) is 5.82 Å². The maximum atomic E-state index is 13.2. The molecule has 1 atom stereocenters. The molecule has 2 heterocycles. The average molecular weight is 363 g/mol. The van der Waals surface area contributed by atoms with Crippen molar-refractivity contribution in [1.82, 2.24) is 25.1 Å². The minimum Gasteiger partial charge on any atom is -0.497 e. The Morgan fingerprint density at radius 1 is 1.07 bits per heavy atom. The summed E-state index contributed by atoms with van der Waals surface area (Å²) in [6.45, 7) is 1.55. The van der Waals surface area contributed by atoms with Crippen LogP contribution in [0.25, 0.3) is 11.4 Å². The van der Waals surface area contributed by atoms with Crippen LogP contribution in [-0.4, -0.2) is 51.2 Å². The molecule has 1 saturated heterocycles. The van der Waals surface area contributed by atoms with Crippen LogP contribution >= 0.6 is 0 Å². The van der Waals surface area contributed by atoms with Gasteiger partial charge in [-0.25, -0.2) is 0 Å². The predicted molar refractivity (Wildman–Crippen MR) is 100 cm³/mol. The highest BCUT2D eigenvalue weighted by Gasteiger charge is 2.31. The summed E-state index contributed by atoms with van der Waals surface area (Å²) < 4.78 is 5.26. The van der Waals surface area contributed by atoms with E-state index in [4.69, 9.17) is 4.74 Å². The molecule has 27 heavy (non-hydrogen) atoms. The molecule has 2 aromatic carbocycles. The number of carbonyl (C=O) groups excluding carboxylic acids is 1. The van der Waals surface area contributed by atoms with E-state index in [1.54, 1.807) is 7.11 Å². The lowest BCUT2D eigenvalue weighted by Gasteiger charge is -2.22. The van der Waals surface area contributed by atoms with E-state index in [2.05, 4.69) is 15.4 Å². The summed E-state index contributed by atoms with van der Waals surface area (Å²) in [4.78, 5) is 16.5. The Morgan fingerprint density at radius 3 is 2.59 bits per heavy atom. The molecule has 1 unspecified atom stereocenters. The predicted octanol–water partition coefficient (Wildman–Crippen LogP) is 2.56. The zero-order valence-electron chi connectivity index (χ0n) is 15.2. The first-order valence-electron chi connectivity index (χ1n) is 9.04. The Morgan fingerprint density at radius 2 is 1.85 bits per heavy atom. The normalized spacial score (nSPS) is 14.9. The van der Waals surface area contributed by atoms with Gasteiger partial charge < -0.3 is 9.64 Å². The second kappa shape index (κ2) is 7.57. The largest absolute Gasteiger partial charge is 0.497 e. The first-order chi connectivity index (χ1) is 13.3. The van der Waals surface area contributed by atoms with Crippen molar-refractivity contribution in [3.05, 3.63) is 60.2 Å². The number of methoxy groups -OCH3 is 1. The Balaban J connectivity index is 1.70. The molecule has 1 amide bonds. The van der Waals surface area contributed by atoms with E-state index in [0.29, 0.717) is 5.82 Å². The number of likely N-dealkylation sites (tertiary alicyclic amines) is 1. The lowest BCUT2D eigenvalue weighted by molar-refractivity contribution is -0.133. The summed E-state index contributed by atoms with van der Waals surface area (Å²) in [6, 6.07) is 16.5. The van der Waals surface area contributed by atoms with Crippen molar-refractivity contribution < 1.29 is 9.53 Å². The van der Waals surface area contributed by atoms with Gasteiger partial charge in [0.15, 0.2) is 6.04 Å². The number of ether oxygens (including phenoxy) is 1. The third kappa shape index (κ3) is 3.53. The Kier molecular flexibility index (Phi) is 4.82. The molecule has 7 heteroatoms. The van der Waals surface area contributed by atoms with Crippen molar-refractivity contribution in [1.29, 1.82) is 0 Å². The van der Waals surface area contributed by atoms with Crippen LogP contribution in [0.15, 0.2) is 54.6 Å². The van der Waals surface area contributed by atoms with Crippen LogP contribution in [-0.2, 0) is 4.79 Å². The fraction of sp³-hybridized carbons (Fsp3) is 0.300. The highest BCUT2D eigenvalue weighted by Crippen LogP contribution is 2.24. The first kappa shape index (κ1) is 17.2.